The smallest absolute Gasteiger partial charge is 0.229 e. The van der Waals surface area contributed by atoms with Gasteiger partial charge in [-0.3, -0.25) is 9.59 Å². The highest BCUT2D eigenvalue weighted by molar-refractivity contribution is 6.30. The highest BCUT2D eigenvalue weighted by Gasteiger charge is 2.46. The molecule has 1 saturated heterocycles. The number of carbonyl (C=O) groups excluding carboxylic acids is 2. The number of aliphatic hydroxyl groups excluding tert-OH is 4. The quantitative estimate of drug-likeness (QED) is 0.177. The van der Waals surface area contributed by atoms with Gasteiger partial charge < -0.3 is 45.5 Å². The number of phenolic OH excluding ortho intramolecular Hbond substituents is 1. The van der Waals surface area contributed by atoms with Crippen LogP contribution >= 0.6 is 0 Å². The van der Waals surface area contributed by atoms with E-state index in [9.17, 15) is 35.1 Å². The van der Waals surface area contributed by atoms with E-state index in [0.29, 0.717) is 17.8 Å². The zero-order valence-electron chi connectivity index (χ0n) is 24.0. The van der Waals surface area contributed by atoms with Gasteiger partial charge >= 0.3 is 0 Å². The topological polar surface area (TPSA) is 202 Å². The maximum Gasteiger partial charge on any atom is 0.229 e. The molecule has 0 bridgehead atoms. The van der Waals surface area contributed by atoms with Crippen molar-refractivity contribution in [2.75, 3.05) is 19.5 Å². The number of benzene rings is 2. The predicted octanol–water partition coefficient (Wildman–Crippen LogP) is 1.39. The van der Waals surface area contributed by atoms with Crippen LogP contribution in [0.5, 0.6) is 17.2 Å². The number of nitrogens with two attached hydrogens (primary N) is 1. The number of nitrogens with zero attached hydrogens (tertiary/aromatic N) is 1. The van der Waals surface area contributed by atoms with Crippen molar-refractivity contribution in [2.24, 2.45) is 0 Å². The van der Waals surface area contributed by atoms with Gasteiger partial charge in [-0.05, 0) is 54.7 Å². The Hall–Kier alpha value is -4.07. The largest absolute Gasteiger partial charge is 0.507 e. The summed E-state index contributed by atoms with van der Waals surface area (Å²) in [6, 6.07) is 9.56. The first-order valence-electron chi connectivity index (χ1n) is 14.4. The van der Waals surface area contributed by atoms with E-state index in [0.717, 1.165) is 31.2 Å². The van der Waals surface area contributed by atoms with Crippen LogP contribution in [0.15, 0.2) is 42.6 Å². The van der Waals surface area contributed by atoms with Crippen LogP contribution in [0, 0.1) is 0 Å². The van der Waals surface area contributed by atoms with Crippen molar-refractivity contribution < 1.29 is 49.3 Å². The van der Waals surface area contributed by atoms with Crippen LogP contribution in [0.3, 0.4) is 0 Å². The summed E-state index contributed by atoms with van der Waals surface area (Å²) in [6.07, 6.45) is -1.87. The Morgan fingerprint density at radius 3 is 2.36 bits per heavy atom. The van der Waals surface area contributed by atoms with Gasteiger partial charge in [0.25, 0.3) is 0 Å². The Kier molecular flexibility index (Phi) is 7.80. The maximum absolute atomic E-state index is 14.0. The fraction of sp³-hybridized carbons (Fsp3) is 0.406. The second-order valence-electron chi connectivity index (χ2n) is 11.7. The van der Waals surface area contributed by atoms with Crippen molar-refractivity contribution in [2.45, 2.75) is 68.2 Å². The standard InChI is InChI=1S/C32H34N2O10/c1-42-17-10-19-25(21(11-17)43-31-30(41)29(40)27(38)22(14-35)44-31)28(39)24-18(26(19)37)8-15(9-20(24)36)12-32(6-2-3-7-32)16-4-5-23(33)34-13-16/h4-5,8-11,13,22,27,29-31,35-36,38,40-41H,2-3,6-7,12,14H2,1H3,(H2,33,34). The van der Waals surface area contributed by atoms with Gasteiger partial charge in [0.05, 0.1) is 24.8 Å². The number of fused-ring (bicyclic) bond motifs is 2. The molecule has 12 heteroatoms. The first-order chi connectivity index (χ1) is 21.1. The lowest BCUT2D eigenvalue weighted by Gasteiger charge is -2.39. The SMILES string of the molecule is COc1cc(OC2OC(CO)C(O)C(O)C2O)c2c(c1)C(=O)c1cc(CC3(c4ccc(N)nc4)CCCC3)cc(O)c1C2=O. The number of methoxy groups -OCH3 is 1. The molecule has 1 saturated carbocycles. The molecule has 2 heterocycles. The van der Waals surface area contributed by atoms with Crippen molar-refractivity contribution in [1.82, 2.24) is 4.98 Å². The van der Waals surface area contributed by atoms with Crippen molar-refractivity contribution in [1.29, 1.82) is 0 Å². The average molecular weight is 607 g/mol. The molecule has 0 amide bonds. The number of aromatic hydroxyl groups is 1. The molecule has 2 fully saturated rings. The minimum atomic E-state index is -1.76. The number of hydrogen-bond donors (Lipinski definition) is 6. The van der Waals surface area contributed by atoms with Crippen molar-refractivity contribution in [3.8, 4) is 17.2 Å². The molecule has 5 unspecified atom stereocenters. The summed E-state index contributed by atoms with van der Waals surface area (Å²) in [5.74, 6) is -1.23. The lowest BCUT2D eigenvalue weighted by molar-refractivity contribution is -0.277. The molecule has 232 valence electrons. The fourth-order valence-corrected chi connectivity index (χ4v) is 6.71. The molecule has 1 aromatic heterocycles. The molecule has 7 N–H and O–H groups in total. The fourth-order valence-electron chi connectivity index (χ4n) is 6.71. The van der Waals surface area contributed by atoms with Crippen LogP contribution in [0.4, 0.5) is 5.82 Å². The van der Waals surface area contributed by atoms with Crippen LogP contribution in [-0.4, -0.2) is 86.5 Å². The number of nitrogen functional groups attached to an aromatic ring is 1. The van der Waals surface area contributed by atoms with E-state index >= 15 is 0 Å². The van der Waals surface area contributed by atoms with Gasteiger partial charge in [0.15, 0.2) is 5.78 Å². The van der Waals surface area contributed by atoms with Crippen LogP contribution in [-0.2, 0) is 16.6 Å². The number of ketones is 2. The number of phenols is 1. The summed E-state index contributed by atoms with van der Waals surface area (Å²) < 4.78 is 16.6. The number of carbonyl (C=O) groups is 2. The van der Waals surface area contributed by atoms with E-state index in [2.05, 4.69) is 4.98 Å². The van der Waals surface area contributed by atoms with Crippen molar-refractivity contribution >= 4 is 17.4 Å². The highest BCUT2D eigenvalue weighted by atomic mass is 16.7. The Morgan fingerprint density at radius 1 is 0.977 bits per heavy atom. The Balaban J connectivity index is 1.38. The summed E-state index contributed by atoms with van der Waals surface area (Å²) >= 11 is 0. The minimum Gasteiger partial charge on any atom is -0.507 e. The van der Waals surface area contributed by atoms with Gasteiger partial charge in [0.2, 0.25) is 12.1 Å². The van der Waals surface area contributed by atoms with Crippen LogP contribution < -0.4 is 15.2 Å². The zero-order chi connectivity index (χ0) is 31.3. The Bertz CT molecular complexity index is 1600. The van der Waals surface area contributed by atoms with Gasteiger partial charge in [-0.2, -0.15) is 0 Å². The number of aliphatic hydroxyl groups is 4. The number of ether oxygens (including phenoxy) is 3. The lowest BCUT2D eigenvalue weighted by atomic mass is 9.73. The molecule has 0 radical (unpaired) electrons. The molecule has 3 aliphatic rings. The molecule has 2 aliphatic carbocycles. The Morgan fingerprint density at radius 2 is 1.70 bits per heavy atom. The number of pyridine rings is 1. The second kappa shape index (κ2) is 11.5. The van der Waals surface area contributed by atoms with Crippen molar-refractivity contribution in [3.05, 3.63) is 76.0 Å². The number of hydrogen-bond acceptors (Lipinski definition) is 12. The monoisotopic (exact) mass is 606 g/mol. The van der Waals surface area contributed by atoms with E-state index in [1.165, 1.54) is 25.3 Å². The third-order valence-electron chi connectivity index (χ3n) is 9.03. The summed E-state index contributed by atoms with van der Waals surface area (Å²) in [4.78, 5) is 32.2. The number of rotatable bonds is 7. The summed E-state index contributed by atoms with van der Waals surface area (Å²) in [7, 11) is 1.36. The van der Waals surface area contributed by atoms with Crippen molar-refractivity contribution in [3.63, 3.8) is 0 Å². The van der Waals surface area contributed by atoms with Crippen LogP contribution in [0.25, 0.3) is 0 Å². The normalized spacial score (nSPS) is 25.8. The highest BCUT2D eigenvalue weighted by Crippen LogP contribution is 2.46. The zero-order valence-corrected chi connectivity index (χ0v) is 24.0. The van der Waals surface area contributed by atoms with Gasteiger partial charge in [-0.1, -0.05) is 18.9 Å². The molecule has 6 rings (SSSR count). The molecular formula is C32H34N2O10. The molecule has 2 aromatic carbocycles. The Labute approximate surface area is 252 Å². The second-order valence-corrected chi connectivity index (χ2v) is 11.7. The molecule has 12 nitrogen and oxygen atoms in total. The van der Waals surface area contributed by atoms with Gasteiger partial charge in [0.1, 0.15) is 47.5 Å². The lowest BCUT2D eigenvalue weighted by Crippen LogP contribution is -2.60. The first-order valence-corrected chi connectivity index (χ1v) is 14.4. The molecule has 0 spiro atoms. The van der Waals surface area contributed by atoms with Crippen LogP contribution in [0.2, 0.25) is 0 Å². The average Bonchev–Trinajstić information content (AvgIpc) is 3.49. The van der Waals surface area contributed by atoms with E-state index < -0.39 is 48.9 Å². The summed E-state index contributed by atoms with van der Waals surface area (Å²) in [5, 5.41) is 51.6. The van der Waals surface area contributed by atoms with E-state index in [1.54, 1.807) is 18.3 Å². The third-order valence-corrected chi connectivity index (χ3v) is 9.03. The van der Waals surface area contributed by atoms with E-state index in [4.69, 9.17) is 19.9 Å². The third kappa shape index (κ3) is 4.98. The summed E-state index contributed by atoms with van der Waals surface area (Å²) in [5.41, 5.74) is 6.87. The van der Waals surface area contributed by atoms with E-state index in [1.807, 2.05) is 6.07 Å². The molecule has 1 aliphatic heterocycles. The van der Waals surface area contributed by atoms with Gasteiger partial charge in [-0.25, -0.2) is 4.98 Å². The molecular weight excluding hydrogens is 572 g/mol. The first kappa shape index (κ1) is 30.0. The van der Waals surface area contributed by atoms with E-state index in [-0.39, 0.29) is 44.9 Å². The van der Waals surface area contributed by atoms with Gasteiger partial charge in [0, 0.05) is 28.8 Å². The van der Waals surface area contributed by atoms with Crippen LogP contribution in [0.1, 0.15) is 68.7 Å². The number of anilines is 1. The van der Waals surface area contributed by atoms with Gasteiger partial charge in [-0.15, -0.1) is 0 Å². The summed E-state index contributed by atoms with van der Waals surface area (Å²) in [6.45, 7) is -0.682. The predicted molar refractivity (Wildman–Crippen MR) is 155 cm³/mol. The number of aromatic nitrogens is 1. The molecule has 44 heavy (non-hydrogen) atoms. The maximum atomic E-state index is 14.0. The minimum absolute atomic E-state index is 0.0353. The molecule has 3 aromatic rings. The molecule has 5 atom stereocenters.